The number of pyridine rings is 1. The van der Waals surface area contributed by atoms with Crippen LogP contribution in [-0.2, 0) is 32.2 Å². The van der Waals surface area contributed by atoms with E-state index in [1.807, 2.05) is 13.8 Å². The number of aromatic nitrogens is 1. The summed E-state index contributed by atoms with van der Waals surface area (Å²) in [5.41, 5.74) is 12.3. The molecule has 0 saturated carbocycles. The second-order valence-corrected chi connectivity index (χ2v) is 9.26. The molecule has 1 aromatic heterocycles. The predicted octanol–water partition coefficient (Wildman–Crippen LogP) is 8.14. The second kappa shape index (κ2) is 14.1. The van der Waals surface area contributed by atoms with Crippen LogP contribution < -0.4 is 0 Å². The van der Waals surface area contributed by atoms with Gasteiger partial charge >= 0.3 is 0 Å². The highest BCUT2D eigenvalue weighted by atomic mass is 15.0. The molecule has 1 aliphatic rings. The van der Waals surface area contributed by atoms with E-state index in [0.717, 1.165) is 30.8 Å². The molecule has 0 unspecified atom stereocenters. The predicted molar refractivity (Wildman–Crippen MR) is 150 cm³/mol. The van der Waals surface area contributed by atoms with E-state index >= 15 is 0 Å². The minimum absolute atomic E-state index is 0.945. The summed E-state index contributed by atoms with van der Waals surface area (Å²) in [6.45, 7) is 13.7. The van der Waals surface area contributed by atoms with Gasteiger partial charge in [-0.2, -0.15) is 0 Å². The number of benzene rings is 2. The van der Waals surface area contributed by atoms with Gasteiger partial charge in [-0.15, -0.1) is 0 Å². The van der Waals surface area contributed by atoms with Crippen LogP contribution in [0, 0.1) is 13.8 Å². The highest BCUT2D eigenvalue weighted by Crippen LogP contribution is 2.30. The smallest absolute Gasteiger partial charge is 0.0713 e. The average molecular weight is 459 g/mol. The van der Waals surface area contributed by atoms with Gasteiger partial charge in [-0.25, -0.2) is 0 Å². The first kappa shape index (κ1) is 27.8. The molecule has 2 heteroatoms. The van der Waals surface area contributed by atoms with Crippen molar-refractivity contribution in [3.05, 3.63) is 87.6 Å². The third-order valence-corrected chi connectivity index (χ3v) is 6.54. The molecule has 4 rings (SSSR count). The number of aryl methyl sites for hydroxylation is 6. The summed E-state index contributed by atoms with van der Waals surface area (Å²) in [7, 11) is 4.21. The molecule has 2 nitrogen and oxygen atoms in total. The van der Waals surface area contributed by atoms with E-state index in [-0.39, 0.29) is 0 Å². The first-order valence-corrected chi connectivity index (χ1v) is 13.2. The van der Waals surface area contributed by atoms with Crippen molar-refractivity contribution < 1.29 is 0 Å². The molecule has 0 radical (unpaired) electrons. The number of rotatable bonds is 5. The SMILES string of the molecule is CC.CCc1cccc(CC)c1-c1cc(C)c(CN(C)C)c(C)n1.c1ccc2c(c1)CCCC2. The minimum Gasteiger partial charge on any atom is -0.305 e. The molecule has 0 N–H and O–H groups in total. The van der Waals surface area contributed by atoms with Crippen molar-refractivity contribution in [2.75, 3.05) is 14.1 Å². The van der Waals surface area contributed by atoms with Crippen molar-refractivity contribution in [2.24, 2.45) is 0 Å². The standard InChI is InChI=1S/C20H28N2.C10H12.C2H6/c1-7-16-10-9-11-17(8-2)20(16)19-12-14(3)18(13-22(5)6)15(4)21-19;1-2-6-10-8-4-3-7-9(10)5-1;1-2/h9-12H,7-8,13H2,1-6H3;1-2,5-6H,3-4,7-8H2;1-2H3. The molecule has 1 aliphatic carbocycles. The van der Waals surface area contributed by atoms with Crippen LogP contribution in [0.1, 0.15) is 79.6 Å². The Bertz CT molecular complexity index is 963. The summed E-state index contributed by atoms with van der Waals surface area (Å²) in [5, 5.41) is 0. The molecule has 0 amide bonds. The van der Waals surface area contributed by atoms with E-state index in [0.29, 0.717) is 0 Å². The van der Waals surface area contributed by atoms with Gasteiger partial charge in [0.15, 0.2) is 0 Å². The van der Waals surface area contributed by atoms with Crippen molar-refractivity contribution in [2.45, 2.75) is 86.6 Å². The summed E-state index contributed by atoms with van der Waals surface area (Å²) in [6.07, 6.45) is 7.46. The zero-order chi connectivity index (χ0) is 25.1. The lowest BCUT2D eigenvalue weighted by molar-refractivity contribution is 0.400. The maximum atomic E-state index is 4.95. The highest BCUT2D eigenvalue weighted by molar-refractivity contribution is 5.69. The van der Waals surface area contributed by atoms with E-state index in [1.165, 1.54) is 53.5 Å². The van der Waals surface area contributed by atoms with Crippen molar-refractivity contribution in [1.82, 2.24) is 9.88 Å². The average Bonchev–Trinajstić information content (AvgIpc) is 2.87. The van der Waals surface area contributed by atoms with Gasteiger partial charge in [0, 0.05) is 17.8 Å². The molecule has 184 valence electrons. The van der Waals surface area contributed by atoms with Crippen LogP contribution >= 0.6 is 0 Å². The third kappa shape index (κ3) is 7.27. The monoisotopic (exact) mass is 458 g/mol. The maximum absolute atomic E-state index is 4.95. The number of fused-ring (bicyclic) bond motifs is 1. The topological polar surface area (TPSA) is 16.1 Å². The molecule has 2 aromatic carbocycles. The molecule has 3 aromatic rings. The molecule has 0 saturated heterocycles. The van der Waals surface area contributed by atoms with E-state index in [9.17, 15) is 0 Å². The molecular formula is C32H46N2. The molecule has 34 heavy (non-hydrogen) atoms. The molecule has 1 heterocycles. The van der Waals surface area contributed by atoms with E-state index in [2.05, 4.69) is 95.2 Å². The molecule has 0 fully saturated rings. The fraction of sp³-hybridized carbons (Fsp3) is 0.469. The Kier molecular flexibility index (Phi) is 11.5. The van der Waals surface area contributed by atoms with E-state index in [1.54, 1.807) is 11.1 Å². The number of hydrogen-bond acceptors (Lipinski definition) is 2. The minimum atomic E-state index is 0.945. The molecule has 0 spiro atoms. The Hall–Kier alpha value is -2.45. The Labute approximate surface area is 209 Å². The largest absolute Gasteiger partial charge is 0.305 e. The van der Waals surface area contributed by atoms with Crippen LogP contribution in [0.5, 0.6) is 0 Å². The lowest BCUT2D eigenvalue weighted by Crippen LogP contribution is -2.14. The fourth-order valence-electron chi connectivity index (χ4n) is 4.79. The molecular weight excluding hydrogens is 412 g/mol. The van der Waals surface area contributed by atoms with Crippen molar-refractivity contribution in [1.29, 1.82) is 0 Å². The van der Waals surface area contributed by atoms with Gasteiger partial charge in [0.2, 0.25) is 0 Å². The first-order chi connectivity index (χ1) is 16.4. The van der Waals surface area contributed by atoms with Crippen LogP contribution in [0.4, 0.5) is 0 Å². The Balaban J connectivity index is 0.000000281. The summed E-state index contributed by atoms with van der Waals surface area (Å²) >= 11 is 0. The van der Waals surface area contributed by atoms with Crippen molar-refractivity contribution in [3.8, 4) is 11.3 Å². The van der Waals surface area contributed by atoms with Crippen LogP contribution in [-0.4, -0.2) is 24.0 Å². The lowest BCUT2D eigenvalue weighted by Gasteiger charge is -2.18. The van der Waals surface area contributed by atoms with E-state index < -0.39 is 0 Å². The second-order valence-electron chi connectivity index (χ2n) is 9.26. The van der Waals surface area contributed by atoms with Crippen molar-refractivity contribution in [3.63, 3.8) is 0 Å². The summed E-state index contributed by atoms with van der Waals surface area (Å²) in [5.74, 6) is 0. The van der Waals surface area contributed by atoms with Gasteiger partial charge in [0.25, 0.3) is 0 Å². The van der Waals surface area contributed by atoms with Gasteiger partial charge < -0.3 is 4.90 Å². The summed E-state index contributed by atoms with van der Waals surface area (Å²) < 4.78 is 0. The molecule has 0 aliphatic heterocycles. The van der Waals surface area contributed by atoms with E-state index in [4.69, 9.17) is 4.98 Å². The van der Waals surface area contributed by atoms with Crippen LogP contribution in [0.15, 0.2) is 48.5 Å². The van der Waals surface area contributed by atoms with Gasteiger partial charge in [-0.3, -0.25) is 4.98 Å². The lowest BCUT2D eigenvalue weighted by atomic mass is 9.92. The molecule has 0 atom stereocenters. The van der Waals surface area contributed by atoms with Gasteiger partial charge in [0.1, 0.15) is 0 Å². The summed E-state index contributed by atoms with van der Waals surface area (Å²) in [6, 6.07) is 17.7. The normalized spacial score (nSPS) is 12.3. The van der Waals surface area contributed by atoms with Gasteiger partial charge in [-0.05, 0) is 106 Å². The Morgan fingerprint density at radius 2 is 1.32 bits per heavy atom. The zero-order valence-electron chi connectivity index (χ0n) is 23.0. The Morgan fingerprint density at radius 3 is 1.76 bits per heavy atom. The Morgan fingerprint density at radius 1 is 0.794 bits per heavy atom. The third-order valence-electron chi connectivity index (χ3n) is 6.54. The van der Waals surface area contributed by atoms with Crippen molar-refractivity contribution >= 4 is 0 Å². The van der Waals surface area contributed by atoms with Crippen LogP contribution in [0.25, 0.3) is 11.3 Å². The van der Waals surface area contributed by atoms with Crippen LogP contribution in [0.3, 0.4) is 0 Å². The summed E-state index contributed by atoms with van der Waals surface area (Å²) in [4.78, 5) is 7.15. The van der Waals surface area contributed by atoms with Gasteiger partial charge in [-0.1, -0.05) is 70.2 Å². The fourth-order valence-corrected chi connectivity index (χ4v) is 4.79. The van der Waals surface area contributed by atoms with Gasteiger partial charge in [0.05, 0.1) is 5.69 Å². The maximum Gasteiger partial charge on any atom is 0.0713 e. The van der Waals surface area contributed by atoms with Crippen LogP contribution in [0.2, 0.25) is 0 Å². The quantitative estimate of drug-likeness (QED) is 0.383. The first-order valence-electron chi connectivity index (χ1n) is 13.2. The molecule has 0 bridgehead atoms. The zero-order valence-corrected chi connectivity index (χ0v) is 23.0. The number of nitrogens with zero attached hydrogens (tertiary/aromatic N) is 2. The highest BCUT2D eigenvalue weighted by Gasteiger charge is 2.14. The number of hydrogen-bond donors (Lipinski definition) is 0.